The van der Waals surface area contributed by atoms with Gasteiger partial charge in [-0.3, -0.25) is 4.57 Å². The van der Waals surface area contributed by atoms with Crippen LogP contribution in [-0.2, 0) is 13.2 Å². The van der Waals surface area contributed by atoms with Gasteiger partial charge in [0.2, 0.25) is 0 Å². The van der Waals surface area contributed by atoms with Gasteiger partial charge in [0.05, 0.1) is 12.1 Å². The molecular formula is C11H13NO4. The smallest absolute Gasteiger partial charge is 0.408 e. The lowest BCUT2D eigenvalue weighted by Crippen LogP contribution is -2.14. The van der Waals surface area contributed by atoms with E-state index in [0.717, 1.165) is 5.56 Å². The van der Waals surface area contributed by atoms with Crippen molar-refractivity contribution in [3.05, 3.63) is 34.3 Å². The van der Waals surface area contributed by atoms with Crippen molar-refractivity contribution in [2.75, 3.05) is 6.61 Å². The number of aliphatic hydroxyl groups excluding tert-OH is 2. The molecule has 16 heavy (non-hydrogen) atoms. The molecular weight excluding hydrogens is 210 g/mol. The first-order chi connectivity index (χ1) is 7.76. The number of nitrogens with zero attached hydrogens (tertiary/aromatic N) is 1. The fraction of sp³-hybridized carbons (Fsp3) is 0.364. The highest BCUT2D eigenvalue weighted by Gasteiger charge is 2.08. The molecule has 1 aromatic heterocycles. The maximum atomic E-state index is 11.5. The zero-order chi connectivity index (χ0) is 11.5. The van der Waals surface area contributed by atoms with Crippen LogP contribution in [0, 0.1) is 0 Å². The van der Waals surface area contributed by atoms with Gasteiger partial charge in [-0.15, -0.1) is 0 Å². The molecule has 0 aliphatic heterocycles. The van der Waals surface area contributed by atoms with Crippen LogP contribution < -0.4 is 5.76 Å². The van der Waals surface area contributed by atoms with Crippen molar-refractivity contribution in [3.8, 4) is 0 Å². The minimum absolute atomic E-state index is 0.0266. The van der Waals surface area contributed by atoms with Gasteiger partial charge in [-0.25, -0.2) is 4.79 Å². The summed E-state index contributed by atoms with van der Waals surface area (Å²) in [6.45, 7) is 0.366. The van der Waals surface area contributed by atoms with E-state index in [4.69, 9.17) is 14.6 Å². The molecule has 0 spiro atoms. The van der Waals surface area contributed by atoms with Gasteiger partial charge in [0.1, 0.15) is 0 Å². The van der Waals surface area contributed by atoms with Crippen LogP contribution in [0.25, 0.3) is 11.1 Å². The molecule has 5 heteroatoms. The van der Waals surface area contributed by atoms with Gasteiger partial charge in [0.15, 0.2) is 5.58 Å². The predicted molar refractivity (Wildman–Crippen MR) is 58.1 cm³/mol. The molecule has 0 bridgehead atoms. The van der Waals surface area contributed by atoms with E-state index in [-0.39, 0.29) is 13.2 Å². The molecule has 0 unspecified atom stereocenters. The van der Waals surface area contributed by atoms with Crippen molar-refractivity contribution in [2.24, 2.45) is 0 Å². The summed E-state index contributed by atoms with van der Waals surface area (Å²) in [6.07, 6.45) is 0.498. The van der Waals surface area contributed by atoms with E-state index >= 15 is 0 Å². The molecule has 0 saturated heterocycles. The van der Waals surface area contributed by atoms with E-state index in [2.05, 4.69) is 0 Å². The van der Waals surface area contributed by atoms with Crippen molar-refractivity contribution in [2.45, 2.75) is 19.6 Å². The van der Waals surface area contributed by atoms with E-state index in [9.17, 15) is 4.79 Å². The summed E-state index contributed by atoms with van der Waals surface area (Å²) in [7, 11) is 0. The van der Waals surface area contributed by atoms with E-state index in [1.807, 2.05) is 0 Å². The number of benzene rings is 1. The Morgan fingerprint density at radius 1 is 1.31 bits per heavy atom. The first-order valence-corrected chi connectivity index (χ1v) is 5.10. The molecule has 0 atom stereocenters. The van der Waals surface area contributed by atoms with E-state index in [0.29, 0.717) is 24.1 Å². The standard InChI is InChI=1S/C11H13NO4/c13-5-1-4-12-9-6-8(7-14)2-3-10(9)16-11(12)15/h2-3,6,13-14H,1,4-5,7H2. The van der Waals surface area contributed by atoms with Gasteiger partial charge in [0.25, 0.3) is 0 Å². The molecule has 2 N–H and O–H groups in total. The second-order valence-corrected chi connectivity index (χ2v) is 3.56. The molecule has 0 fully saturated rings. The van der Waals surface area contributed by atoms with Gasteiger partial charge in [-0.05, 0) is 24.1 Å². The molecule has 1 aromatic carbocycles. The van der Waals surface area contributed by atoms with E-state index < -0.39 is 5.76 Å². The molecule has 5 nitrogen and oxygen atoms in total. The Kier molecular flexibility index (Phi) is 3.07. The number of aromatic nitrogens is 1. The lowest BCUT2D eigenvalue weighted by molar-refractivity contribution is 0.278. The van der Waals surface area contributed by atoms with Gasteiger partial charge in [0, 0.05) is 13.2 Å². The lowest BCUT2D eigenvalue weighted by atomic mass is 10.2. The van der Waals surface area contributed by atoms with Crippen LogP contribution in [0.1, 0.15) is 12.0 Å². The SMILES string of the molecule is O=c1oc2ccc(CO)cc2n1CCCO. The summed E-state index contributed by atoms with van der Waals surface area (Å²) in [6, 6.07) is 5.09. The average Bonchev–Trinajstić information content (AvgIpc) is 2.61. The highest BCUT2D eigenvalue weighted by atomic mass is 16.4. The van der Waals surface area contributed by atoms with Crippen LogP contribution in [0.5, 0.6) is 0 Å². The largest absolute Gasteiger partial charge is 0.419 e. The Hall–Kier alpha value is -1.59. The maximum Gasteiger partial charge on any atom is 0.419 e. The van der Waals surface area contributed by atoms with Gasteiger partial charge < -0.3 is 14.6 Å². The van der Waals surface area contributed by atoms with Crippen molar-refractivity contribution >= 4 is 11.1 Å². The zero-order valence-electron chi connectivity index (χ0n) is 8.72. The number of aryl methyl sites for hydroxylation is 1. The Balaban J connectivity index is 2.52. The zero-order valence-corrected chi connectivity index (χ0v) is 8.72. The van der Waals surface area contributed by atoms with Crippen molar-refractivity contribution in [3.63, 3.8) is 0 Å². The summed E-state index contributed by atoms with van der Waals surface area (Å²) in [5.74, 6) is -0.432. The lowest BCUT2D eigenvalue weighted by Gasteiger charge is -2.01. The second-order valence-electron chi connectivity index (χ2n) is 3.56. The Morgan fingerprint density at radius 3 is 2.81 bits per heavy atom. The van der Waals surface area contributed by atoms with Gasteiger partial charge in [-0.1, -0.05) is 6.07 Å². The number of rotatable bonds is 4. The second kappa shape index (κ2) is 4.51. The molecule has 0 aliphatic rings. The van der Waals surface area contributed by atoms with Crippen LogP contribution >= 0.6 is 0 Å². The molecule has 1 heterocycles. The number of aliphatic hydroxyl groups is 2. The first kappa shape index (κ1) is 10.9. The van der Waals surface area contributed by atoms with E-state index in [1.54, 1.807) is 18.2 Å². The third kappa shape index (κ3) is 1.87. The molecule has 0 aliphatic carbocycles. The van der Waals surface area contributed by atoms with Crippen molar-refractivity contribution in [1.29, 1.82) is 0 Å². The monoisotopic (exact) mass is 223 g/mol. The van der Waals surface area contributed by atoms with Crippen LogP contribution in [0.2, 0.25) is 0 Å². The summed E-state index contributed by atoms with van der Waals surface area (Å²) >= 11 is 0. The minimum Gasteiger partial charge on any atom is -0.408 e. The Bertz CT molecular complexity index is 540. The van der Waals surface area contributed by atoms with Crippen molar-refractivity contribution in [1.82, 2.24) is 4.57 Å². The predicted octanol–water partition coefficient (Wildman–Crippen LogP) is 0.469. The third-order valence-electron chi connectivity index (χ3n) is 2.45. The molecule has 2 aromatic rings. The summed E-state index contributed by atoms with van der Waals surface area (Å²) < 4.78 is 6.50. The Morgan fingerprint density at radius 2 is 2.12 bits per heavy atom. The molecule has 2 rings (SSSR count). The van der Waals surface area contributed by atoms with Crippen LogP contribution in [0.3, 0.4) is 0 Å². The van der Waals surface area contributed by atoms with Gasteiger partial charge >= 0.3 is 5.76 Å². The highest BCUT2D eigenvalue weighted by molar-refractivity contribution is 5.73. The molecule has 86 valence electrons. The molecule has 0 saturated carbocycles. The average molecular weight is 223 g/mol. The normalized spacial score (nSPS) is 11.1. The number of hydrogen-bond donors (Lipinski definition) is 2. The minimum atomic E-state index is -0.432. The van der Waals surface area contributed by atoms with E-state index in [1.165, 1.54) is 4.57 Å². The maximum absolute atomic E-state index is 11.5. The highest BCUT2D eigenvalue weighted by Crippen LogP contribution is 2.15. The number of oxazole rings is 1. The van der Waals surface area contributed by atoms with Crippen LogP contribution in [0.15, 0.2) is 27.4 Å². The molecule has 0 amide bonds. The summed E-state index contributed by atoms with van der Waals surface area (Å²) in [5, 5.41) is 17.8. The summed E-state index contributed by atoms with van der Waals surface area (Å²) in [4.78, 5) is 11.5. The van der Waals surface area contributed by atoms with Crippen LogP contribution in [0.4, 0.5) is 0 Å². The van der Waals surface area contributed by atoms with Gasteiger partial charge in [-0.2, -0.15) is 0 Å². The number of hydrogen-bond acceptors (Lipinski definition) is 4. The fourth-order valence-electron chi connectivity index (χ4n) is 1.65. The topological polar surface area (TPSA) is 75.6 Å². The quantitative estimate of drug-likeness (QED) is 0.790. The van der Waals surface area contributed by atoms with Crippen molar-refractivity contribution < 1.29 is 14.6 Å². The Labute approximate surface area is 91.5 Å². The fourth-order valence-corrected chi connectivity index (χ4v) is 1.65. The van der Waals surface area contributed by atoms with Crippen LogP contribution in [-0.4, -0.2) is 21.4 Å². The third-order valence-corrected chi connectivity index (χ3v) is 2.45. The summed E-state index contributed by atoms with van der Waals surface area (Å²) in [5.41, 5.74) is 1.89. The number of fused-ring (bicyclic) bond motifs is 1. The molecule has 0 radical (unpaired) electrons. The first-order valence-electron chi connectivity index (χ1n) is 5.10.